The van der Waals surface area contributed by atoms with E-state index in [-0.39, 0.29) is 0 Å². The van der Waals surface area contributed by atoms with Crippen LogP contribution in [0.15, 0.2) is 60.8 Å². The maximum absolute atomic E-state index is 4.73. The highest BCUT2D eigenvalue weighted by Crippen LogP contribution is 2.31. The highest BCUT2D eigenvalue weighted by molar-refractivity contribution is 7.16. The molecular weight excluding hydrogens is 266 g/mol. The number of fused-ring (bicyclic) bond motifs is 1. The van der Waals surface area contributed by atoms with Gasteiger partial charge in [0.1, 0.15) is 10.5 Å². The van der Waals surface area contributed by atoms with Crippen molar-refractivity contribution in [1.82, 2.24) is 14.8 Å². The fourth-order valence-electron chi connectivity index (χ4n) is 2.22. The zero-order chi connectivity index (χ0) is 13.4. The van der Waals surface area contributed by atoms with Gasteiger partial charge in [0.25, 0.3) is 0 Å². The quantitative estimate of drug-likeness (QED) is 0.555. The number of rotatable bonds is 2. The van der Waals surface area contributed by atoms with Gasteiger partial charge in [0, 0.05) is 17.0 Å². The largest absolute Gasteiger partial charge is 0.255 e. The predicted octanol–water partition coefficient (Wildman–Crippen LogP) is 3.95. The van der Waals surface area contributed by atoms with Gasteiger partial charge < -0.3 is 0 Å². The molecule has 20 heavy (non-hydrogen) atoms. The van der Waals surface area contributed by atoms with Gasteiger partial charge in [0.05, 0.1) is 11.4 Å². The average molecular weight is 276 g/mol. The monoisotopic (exact) mass is 276 g/mol. The van der Waals surface area contributed by atoms with Crippen LogP contribution in [-0.4, -0.2) is 14.8 Å². The molecule has 0 atom stereocenters. The third kappa shape index (κ3) is 1.73. The molecule has 0 aliphatic carbocycles. The molecule has 0 spiro atoms. The first-order valence-corrected chi connectivity index (χ1v) is 7.10. The van der Waals surface area contributed by atoms with Crippen LogP contribution in [0.5, 0.6) is 0 Å². The molecule has 3 aromatic heterocycles. The lowest BCUT2D eigenvalue weighted by molar-refractivity contribution is 0.918. The number of pyridine rings is 1. The van der Waals surface area contributed by atoms with E-state index in [2.05, 4.69) is 10.4 Å². The minimum absolute atomic E-state index is 0.888. The average Bonchev–Trinajstić information content (AvgIpc) is 3.11. The summed E-state index contributed by atoms with van der Waals surface area (Å²) in [6.07, 6.45) is 1.79. The number of para-hydroxylation sites is 1. The molecule has 1 aromatic carbocycles. The maximum atomic E-state index is 4.73. The molecule has 0 saturated carbocycles. The summed E-state index contributed by atoms with van der Waals surface area (Å²) in [5.41, 5.74) is 2.84. The summed E-state index contributed by atoms with van der Waals surface area (Å²) in [5.74, 6) is 0. The molecule has 0 fully saturated rings. The summed E-state index contributed by atoms with van der Waals surface area (Å²) in [6, 6.07) is 18.0. The Morgan fingerprint density at radius 2 is 1.85 bits per heavy atom. The van der Waals surface area contributed by atoms with Crippen LogP contribution < -0.4 is 0 Å². The van der Waals surface area contributed by atoms with E-state index in [4.69, 9.17) is 5.10 Å². The molecule has 1 radical (unpaired) electrons. The number of thiophene rings is 1. The van der Waals surface area contributed by atoms with Crippen LogP contribution in [0.1, 0.15) is 0 Å². The van der Waals surface area contributed by atoms with Crippen molar-refractivity contribution in [1.29, 1.82) is 0 Å². The van der Waals surface area contributed by atoms with Gasteiger partial charge in [-0.3, -0.25) is 4.98 Å². The van der Waals surface area contributed by atoms with Crippen molar-refractivity contribution in [2.75, 3.05) is 0 Å². The van der Waals surface area contributed by atoms with Crippen molar-refractivity contribution >= 4 is 21.6 Å². The molecule has 0 saturated heterocycles. The fourth-order valence-corrected chi connectivity index (χ4v) is 3.01. The molecule has 0 aliphatic rings. The van der Waals surface area contributed by atoms with E-state index in [1.165, 1.54) is 0 Å². The van der Waals surface area contributed by atoms with Crippen LogP contribution in [0, 0.1) is 5.38 Å². The summed E-state index contributed by atoms with van der Waals surface area (Å²) in [6.45, 7) is 0. The van der Waals surface area contributed by atoms with Crippen molar-refractivity contribution in [2.24, 2.45) is 0 Å². The Morgan fingerprint density at radius 1 is 1.00 bits per heavy atom. The molecular formula is C16H10N3S. The summed E-state index contributed by atoms with van der Waals surface area (Å²) < 4.78 is 1.96. The number of hydrogen-bond donors (Lipinski definition) is 0. The molecule has 0 bridgehead atoms. The smallest absolute Gasteiger partial charge is 0.128 e. The first-order valence-electron chi connectivity index (χ1n) is 6.29. The lowest BCUT2D eigenvalue weighted by atomic mass is 10.2. The summed E-state index contributed by atoms with van der Waals surface area (Å²) in [4.78, 5) is 5.49. The lowest BCUT2D eigenvalue weighted by Crippen LogP contribution is -1.95. The highest BCUT2D eigenvalue weighted by Gasteiger charge is 2.15. The van der Waals surface area contributed by atoms with E-state index in [9.17, 15) is 0 Å². The van der Waals surface area contributed by atoms with Crippen molar-refractivity contribution in [3.63, 3.8) is 0 Å². The molecule has 95 valence electrons. The van der Waals surface area contributed by atoms with E-state index in [1.807, 2.05) is 59.3 Å². The molecule has 0 unspecified atom stereocenters. The minimum atomic E-state index is 0.888. The maximum Gasteiger partial charge on any atom is 0.128 e. The Kier molecular flexibility index (Phi) is 2.60. The first-order chi connectivity index (χ1) is 9.93. The number of aromatic nitrogens is 3. The molecule has 3 nitrogen and oxygen atoms in total. The topological polar surface area (TPSA) is 30.7 Å². The van der Waals surface area contributed by atoms with Crippen LogP contribution in [0.2, 0.25) is 0 Å². The summed E-state index contributed by atoms with van der Waals surface area (Å²) in [7, 11) is 0. The van der Waals surface area contributed by atoms with Crippen molar-refractivity contribution in [2.45, 2.75) is 0 Å². The first kappa shape index (κ1) is 11.4. The fraction of sp³-hybridized carbons (Fsp3) is 0. The second kappa shape index (κ2) is 4.58. The van der Waals surface area contributed by atoms with Gasteiger partial charge in [0.2, 0.25) is 0 Å². The van der Waals surface area contributed by atoms with E-state index in [0.717, 1.165) is 27.3 Å². The molecule has 0 amide bonds. The zero-order valence-corrected chi connectivity index (χ0v) is 11.3. The second-order valence-electron chi connectivity index (χ2n) is 4.39. The van der Waals surface area contributed by atoms with E-state index >= 15 is 0 Å². The third-order valence-corrected chi connectivity index (χ3v) is 3.97. The van der Waals surface area contributed by atoms with Gasteiger partial charge in [0.15, 0.2) is 0 Å². The minimum Gasteiger partial charge on any atom is -0.255 e. The van der Waals surface area contributed by atoms with Crippen LogP contribution in [0.3, 0.4) is 0 Å². The molecule has 0 aliphatic heterocycles. The Morgan fingerprint density at radius 3 is 2.65 bits per heavy atom. The number of benzene rings is 1. The molecule has 4 aromatic rings. The normalized spacial score (nSPS) is 11.0. The van der Waals surface area contributed by atoms with Crippen LogP contribution in [0.4, 0.5) is 0 Å². The Bertz CT molecular complexity index is 778. The molecule has 0 N–H and O–H groups in total. The van der Waals surface area contributed by atoms with Crippen molar-refractivity contribution in [3.8, 4) is 17.1 Å². The Labute approximate surface area is 120 Å². The van der Waals surface area contributed by atoms with Crippen LogP contribution in [0.25, 0.3) is 27.3 Å². The number of hydrogen-bond acceptors (Lipinski definition) is 3. The third-order valence-electron chi connectivity index (χ3n) is 3.15. The van der Waals surface area contributed by atoms with Gasteiger partial charge in [-0.2, -0.15) is 5.10 Å². The van der Waals surface area contributed by atoms with Crippen LogP contribution >= 0.6 is 11.3 Å². The van der Waals surface area contributed by atoms with Gasteiger partial charge in [-0.25, -0.2) is 4.68 Å². The van der Waals surface area contributed by atoms with Crippen molar-refractivity contribution < 1.29 is 0 Å². The van der Waals surface area contributed by atoms with Gasteiger partial charge in [-0.15, -0.1) is 11.3 Å². The summed E-state index contributed by atoms with van der Waals surface area (Å²) >= 11 is 1.57. The van der Waals surface area contributed by atoms with Gasteiger partial charge >= 0.3 is 0 Å². The van der Waals surface area contributed by atoms with Gasteiger partial charge in [-0.1, -0.05) is 24.3 Å². The summed E-state index contributed by atoms with van der Waals surface area (Å²) in [5, 5.41) is 9.02. The van der Waals surface area contributed by atoms with Crippen LogP contribution in [-0.2, 0) is 0 Å². The highest BCUT2D eigenvalue weighted by atomic mass is 32.1. The Hall–Kier alpha value is -2.46. The van der Waals surface area contributed by atoms with Gasteiger partial charge in [-0.05, 0) is 30.3 Å². The Balaban J connectivity index is 1.99. The SMILES string of the molecule is [c]1cc2c(-c3ccccn3)nn(-c3ccccc3)c2s1. The molecule has 3 heterocycles. The predicted molar refractivity (Wildman–Crippen MR) is 81.0 cm³/mol. The van der Waals surface area contributed by atoms with Crippen molar-refractivity contribution in [3.05, 3.63) is 66.2 Å². The van der Waals surface area contributed by atoms with E-state index in [0.29, 0.717) is 0 Å². The van der Waals surface area contributed by atoms with E-state index < -0.39 is 0 Å². The molecule has 4 heteroatoms. The molecule has 4 rings (SSSR count). The zero-order valence-electron chi connectivity index (χ0n) is 10.5. The lowest BCUT2D eigenvalue weighted by Gasteiger charge is -2.00. The second-order valence-corrected chi connectivity index (χ2v) is 5.22. The van der Waals surface area contributed by atoms with E-state index in [1.54, 1.807) is 17.5 Å². The standard InChI is InChI=1S/C16H10N3S/c1-2-6-12(7-3-1)19-16-13(9-11-20-16)15(18-19)14-8-4-5-10-17-14/h1-10H. The number of nitrogens with zero attached hydrogens (tertiary/aromatic N) is 3.